The van der Waals surface area contributed by atoms with E-state index in [1.807, 2.05) is 6.92 Å². The van der Waals surface area contributed by atoms with Crippen molar-refractivity contribution in [2.24, 2.45) is 17.8 Å². The zero-order valence-electron chi connectivity index (χ0n) is 11.7. The lowest BCUT2D eigenvalue weighted by Crippen LogP contribution is -2.25. The van der Waals surface area contributed by atoms with Crippen LogP contribution < -0.4 is 10.1 Å². The summed E-state index contributed by atoms with van der Waals surface area (Å²) >= 11 is 3.59. The van der Waals surface area contributed by atoms with Gasteiger partial charge in [0, 0.05) is 16.1 Å². The van der Waals surface area contributed by atoms with Gasteiger partial charge in [0.05, 0.1) is 6.61 Å². The van der Waals surface area contributed by atoms with Crippen LogP contribution in [0.25, 0.3) is 0 Å². The molecule has 19 heavy (non-hydrogen) atoms. The Balaban J connectivity index is 1.86. The van der Waals surface area contributed by atoms with Crippen molar-refractivity contribution in [1.29, 1.82) is 0 Å². The molecule has 2 aliphatic rings. The van der Waals surface area contributed by atoms with Crippen LogP contribution in [-0.2, 0) is 0 Å². The molecule has 3 atom stereocenters. The first-order valence-corrected chi connectivity index (χ1v) is 8.11. The first kappa shape index (κ1) is 13.4. The molecule has 104 valence electrons. The zero-order valence-corrected chi connectivity index (χ0v) is 13.2. The Hall–Kier alpha value is -0.540. The van der Waals surface area contributed by atoms with Crippen LogP contribution in [0.1, 0.15) is 37.8 Å². The van der Waals surface area contributed by atoms with Gasteiger partial charge in [-0.05, 0) is 69.2 Å². The quantitative estimate of drug-likeness (QED) is 0.878. The van der Waals surface area contributed by atoms with Crippen LogP contribution >= 0.6 is 15.9 Å². The maximum absolute atomic E-state index is 5.81. The molecule has 0 amide bonds. The summed E-state index contributed by atoms with van der Waals surface area (Å²) in [5, 5.41) is 3.53. The normalized spacial score (nSPS) is 29.9. The Morgan fingerprint density at radius 3 is 2.68 bits per heavy atom. The summed E-state index contributed by atoms with van der Waals surface area (Å²) in [4.78, 5) is 0. The Kier molecular flexibility index (Phi) is 3.86. The molecule has 0 radical (unpaired) electrons. The monoisotopic (exact) mass is 323 g/mol. The van der Waals surface area contributed by atoms with Crippen molar-refractivity contribution in [3.05, 3.63) is 28.2 Å². The number of fused-ring (bicyclic) bond motifs is 1. The Labute approximate surface area is 124 Å². The summed E-state index contributed by atoms with van der Waals surface area (Å²) in [6.45, 7) is 2.77. The number of ether oxygens (including phenoxy) is 1. The van der Waals surface area contributed by atoms with E-state index in [2.05, 4.69) is 46.5 Å². The van der Waals surface area contributed by atoms with Gasteiger partial charge in [-0.3, -0.25) is 0 Å². The maximum atomic E-state index is 5.81. The molecule has 0 spiro atoms. The maximum Gasteiger partial charge on any atom is 0.124 e. The molecule has 0 aromatic heterocycles. The van der Waals surface area contributed by atoms with Crippen LogP contribution in [0.15, 0.2) is 22.7 Å². The van der Waals surface area contributed by atoms with E-state index in [0.29, 0.717) is 6.04 Å². The summed E-state index contributed by atoms with van der Waals surface area (Å²) in [7, 11) is 2.07. The van der Waals surface area contributed by atoms with E-state index in [9.17, 15) is 0 Å². The van der Waals surface area contributed by atoms with Gasteiger partial charge in [-0.2, -0.15) is 0 Å². The lowest BCUT2D eigenvalue weighted by Gasteiger charge is -2.27. The van der Waals surface area contributed by atoms with Crippen LogP contribution in [0.4, 0.5) is 0 Å². The number of nitrogens with one attached hydrogen (secondary N) is 1. The van der Waals surface area contributed by atoms with Gasteiger partial charge < -0.3 is 10.1 Å². The lowest BCUT2D eigenvalue weighted by molar-refractivity contribution is 0.312. The predicted molar refractivity (Wildman–Crippen MR) is 81.4 cm³/mol. The highest BCUT2D eigenvalue weighted by Gasteiger charge is 2.48. The Bertz CT molecular complexity index is 452. The van der Waals surface area contributed by atoms with Crippen molar-refractivity contribution in [3.8, 4) is 5.75 Å². The fraction of sp³-hybridized carbons (Fsp3) is 0.625. The van der Waals surface area contributed by atoms with Gasteiger partial charge >= 0.3 is 0 Å². The highest BCUT2D eigenvalue weighted by Crippen LogP contribution is 2.57. The number of hydrogen-bond acceptors (Lipinski definition) is 2. The molecule has 0 bridgehead atoms. The molecule has 0 saturated heterocycles. The standard InChI is InChI=1S/C16H22BrNO/c1-3-19-15-5-4-13(17)9-14(15)16(18-2)12-7-10-6-11(10)8-12/h4-5,9-12,16,18H,3,6-8H2,1-2H3. The number of benzene rings is 1. The second-order valence-electron chi connectivity index (χ2n) is 5.87. The third kappa shape index (κ3) is 2.68. The van der Waals surface area contributed by atoms with Crippen molar-refractivity contribution in [2.75, 3.05) is 13.7 Å². The minimum atomic E-state index is 0.423. The molecular weight excluding hydrogens is 302 g/mol. The molecule has 0 heterocycles. The summed E-state index contributed by atoms with van der Waals surface area (Å²) in [6, 6.07) is 6.79. The number of rotatable bonds is 5. The predicted octanol–water partition coefficient (Wildman–Crippen LogP) is 4.15. The number of halogens is 1. The molecule has 2 aliphatic carbocycles. The fourth-order valence-electron chi connectivity index (χ4n) is 3.73. The molecule has 0 aliphatic heterocycles. The van der Waals surface area contributed by atoms with Gasteiger partial charge in [0.25, 0.3) is 0 Å². The molecule has 1 aromatic carbocycles. The fourth-order valence-corrected chi connectivity index (χ4v) is 4.11. The molecule has 1 aromatic rings. The van der Waals surface area contributed by atoms with E-state index in [-0.39, 0.29) is 0 Å². The van der Waals surface area contributed by atoms with Crippen molar-refractivity contribution in [3.63, 3.8) is 0 Å². The molecular formula is C16H22BrNO. The van der Waals surface area contributed by atoms with E-state index in [1.54, 1.807) is 0 Å². The lowest BCUT2D eigenvalue weighted by atomic mass is 9.89. The largest absolute Gasteiger partial charge is 0.494 e. The molecule has 3 rings (SSSR count). The summed E-state index contributed by atoms with van der Waals surface area (Å²) < 4.78 is 6.95. The molecule has 2 fully saturated rings. The Morgan fingerprint density at radius 1 is 1.32 bits per heavy atom. The van der Waals surface area contributed by atoms with Crippen LogP contribution in [0, 0.1) is 17.8 Å². The van der Waals surface area contributed by atoms with Crippen molar-refractivity contribution in [2.45, 2.75) is 32.2 Å². The smallest absolute Gasteiger partial charge is 0.124 e. The highest BCUT2D eigenvalue weighted by molar-refractivity contribution is 9.10. The Morgan fingerprint density at radius 2 is 2.05 bits per heavy atom. The molecule has 1 N–H and O–H groups in total. The minimum Gasteiger partial charge on any atom is -0.494 e. The third-order valence-corrected chi connectivity index (χ3v) is 5.16. The van der Waals surface area contributed by atoms with Crippen molar-refractivity contribution in [1.82, 2.24) is 5.32 Å². The van der Waals surface area contributed by atoms with E-state index < -0.39 is 0 Å². The second-order valence-corrected chi connectivity index (χ2v) is 6.78. The van der Waals surface area contributed by atoms with Crippen LogP contribution in [-0.4, -0.2) is 13.7 Å². The first-order valence-electron chi connectivity index (χ1n) is 7.32. The van der Waals surface area contributed by atoms with Crippen LogP contribution in [0.3, 0.4) is 0 Å². The van der Waals surface area contributed by atoms with Gasteiger partial charge in [0.15, 0.2) is 0 Å². The first-order chi connectivity index (χ1) is 9.22. The average Bonchev–Trinajstić information content (AvgIpc) is 3.01. The SMILES string of the molecule is CCOc1ccc(Br)cc1C(NC)C1CC2CC2C1. The van der Waals surface area contributed by atoms with Gasteiger partial charge in [0.2, 0.25) is 0 Å². The molecule has 2 nitrogen and oxygen atoms in total. The average molecular weight is 324 g/mol. The molecule has 3 heteroatoms. The topological polar surface area (TPSA) is 21.3 Å². The van der Waals surface area contributed by atoms with Gasteiger partial charge in [0.1, 0.15) is 5.75 Å². The molecule has 2 saturated carbocycles. The highest BCUT2D eigenvalue weighted by atomic mass is 79.9. The van der Waals surface area contributed by atoms with E-state index in [1.165, 1.54) is 24.8 Å². The van der Waals surface area contributed by atoms with Crippen LogP contribution in [0.5, 0.6) is 5.75 Å². The van der Waals surface area contributed by atoms with E-state index >= 15 is 0 Å². The number of hydrogen-bond donors (Lipinski definition) is 1. The minimum absolute atomic E-state index is 0.423. The van der Waals surface area contributed by atoms with Crippen molar-refractivity contribution < 1.29 is 4.74 Å². The van der Waals surface area contributed by atoms with Gasteiger partial charge in [-0.25, -0.2) is 0 Å². The zero-order chi connectivity index (χ0) is 13.4. The second kappa shape index (κ2) is 5.45. The third-order valence-electron chi connectivity index (χ3n) is 4.67. The summed E-state index contributed by atoms with van der Waals surface area (Å²) in [5.74, 6) is 3.83. The van der Waals surface area contributed by atoms with Gasteiger partial charge in [-0.1, -0.05) is 15.9 Å². The van der Waals surface area contributed by atoms with E-state index in [4.69, 9.17) is 4.74 Å². The summed E-state index contributed by atoms with van der Waals surface area (Å²) in [6.07, 6.45) is 4.24. The summed E-state index contributed by atoms with van der Waals surface area (Å²) in [5.41, 5.74) is 1.31. The van der Waals surface area contributed by atoms with Crippen LogP contribution in [0.2, 0.25) is 0 Å². The van der Waals surface area contributed by atoms with Crippen molar-refractivity contribution >= 4 is 15.9 Å². The van der Waals surface area contributed by atoms with E-state index in [0.717, 1.165) is 34.6 Å². The molecule has 3 unspecified atom stereocenters. The van der Waals surface area contributed by atoms with Gasteiger partial charge in [-0.15, -0.1) is 0 Å².